The molecular weight excluding hydrogens is 392 g/mol. The zero-order chi connectivity index (χ0) is 21.4. The second-order valence-electron chi connectivity index (χ2n) is 7.66. The molecule has 2 aromatic heterocycles. The quantitative estimate of drug-likeness (QED) is 0.372. The molecule has 0 amide bonds. The minimum absolute atomic E-state index is 0.0627. The predicted octanol–water partition coefficient (Wildman–Crippen LogP) is 3.14. The molecule has 2 aromatic carbocycles. The fraction of sp³-hybridized carbons (Fsp3) is 0.217. The van der Waals surface area contributed by atoms with Crippen molar-refractivity contribution in [3.8, 4) is 16.9 Å². The minimum atomic E-state index is -0.214. The summed E-state index contributed by atoms with van der Waals surface area (Å²) in [6.07, 6.45) is 4.28. The monoisotopic (exact) mass is 416 g/mol. The van der Waals surface area contributed by atoms with Crippen LogP contribution in [-0.2, 0) is 11.3 Å². The molecule has 31 heavy (non-hydrogen) atoms. The van der Waals surface area contributed by atoms with Crippen molar-refractivity contribution in [3.63, 3.8) is 0 Å². The van der Waals surface area contributed by atoms with Gasteiger partial charge in [0.05, 0.1) is 30.2 Å². The summed E-state index contributed by atoms with van der Waals surface area (Å²) in [5, 5.41) is 9.19. The fourth-order valence-corrected chi connectivity index (χ4v) is 3.83. The molecule has 1 saturated heterocycles. The molecule has 3 heterocycles. The van der Waals surface area contributed by atoms with Crippen molar-refractivity contribution in [2.75, 3.05) is 11.6 Å². The first-order valence-electron chi connectivity index (χ1n) is 10.2. The number of anilines is 1. The van der Waals surface area contributed by atoms with Gasteiger partial charge in [0.15, 0.2) is 6.23 Å². The molecule has 4 aromatic rings. The molecule has 0 aliphatic carbocycles. The highest BCUT2D eigenvalue weighted by atomic mass is 16.5. The topological polar surface area (TPSA) is 94.1 Å². The molecule has 0 bridgehead atoms. The summed E-state index contributed by atoms with van der Waals surface area (Å²) >= 11 is 0. The van der Waals surface area contributed by atoms with Gasteiger partial charge < -0.3 is 9.75 Å². The second-order valence-corrected chi connectivity index (χ2v) is 7.66. The van der Waals surface area contributed by atoms with Crippen molar-refractivity contribution >= 4 is 5.69 Å². The lowest BCUT2D eigenvalue weighted by Gasteiger charge is -2.26. The SMILES string of the molecule is Cc1c(-c2ccccc2N(N)Cc2ccc(-n3cccn3)cc2)[nH]n(C2CCO2)c1=O. The van der Waals surface area contributed by atoms with E-state index in [1.54, 1.807) is 15.9 Å². The first kappa shape index (κ1) is 19.3. The molecule has 3 N–H and O–H groups in total. The molecule has 158 valence electrons. The number of hydrazine groups is 1. The fourth-order valence-electron chi connectivity index (χ4n) is 3.83. The largest absolute Gasteiger partial charge is 0.356 e. The Morgan fingerprint density at radius 2 is 1.97 bits per heavy atom. The average Bonchev–Trinajstić information content (AvgIpc) is 3.38. The maximum atomic E-state index is 12.7. The van der Waals surface area contributed by atoms with E-state index < -0.39 is 0 Å². The molecule has 5 rings (SSSR count). The van der Waals surface area contributed by atoms with Gasteiger partial charge in [0, 0.05) is 29.9 Å². The summed E-state index contributed by atoms with van der Waals surface area (Å²) in [5.74, 6) is 6.48. The summed E-state index contributed by atoms with van der Waals surface area (Å²) in [6.45, 7) is 3.03. The Kier molecular flexibility index (Phi) is 4.93. The summed E-state index contributed by atoms with van der Waals surface area (Å²) in [4.78, 5) is 12.7. The van der Waals surface area contributed by atoms with E-state index in [4.69, 9.17) is 10.6 Å². The third kappa shape index (κ3) is 3.56. The lowest BCUT2D eigenvalue weighted by atomic mass is 10.1. The van der Waals surface area contributed by atoms with Gasteiger partial charge in [-0.05, 0) is 36.8 Å². The van der Waals surface area contributed by atoms with Gasteiger partial charge in [0.25, 0.3) is 5.56 Å². The van der Waals surface area contributed by atoms with Gasteiger partial charge in [-0.15, -0.1) is 0 Å². The highest BCUT2D eigenvalue weighted by Crippen LogP contribution is 2.31. The number of hydrogen-bond donors (Lipinski definition) is 2. The Balaban J connectivity index is 1.42. The maximum absolute atomic E-state index is 12.7. The van der Waals surface area contributed by atoms with Crippen LogP contribution in [0.15, 0.2) is 71.8 Å². The van der Waals surface area contributed by atoms with Crippen molar-refractivity contribution in [2.24, 2.45) is 5.84 Å². The number of H-pyrrole nitrogens is 1. The van der Waals surface area contributed by atoms with Crippen molar-refractivity contribution in [1.82, 2.24) is 19.6 Å². The van der Waals surface area contributed by atoms with Gasteiger partial charge in [0.2, 0.25) is 0 Å². The molecule has 1 unspecified atom stereocenters. The highest BCUT2D eigenvalue weighted by molar-refractivity contribution is 5.77. The number of nitrogens with two attached hydrogens (primary N) is 1. The minimum Gasteiger partial charge on any atom is -0.356 e. The molecular formula is C23H24N6O2. The Bertz CT molecular complexity index is 1240. The number of hydrogen-bond acceptors (Lipinski definition) is 5. The number of nitrogens with zero attached hydrogens (tertiary/aromatic N) is 4. The standard InChI is InChI=1S/C23H24N6O2/c1-16-22(26-29(23(16)30)21-11-14-31-21)19-5-2-3-6-20(19)27(24)15-17-7-9-18(10-8-17)28-13-4-12-25-28/h2-10,12-13,21,26H,11,14-15,24H2,1H3. The Labute approximate surface area is 179 Å². The van der Waals surface area contributed by atoms with Crippen LogP contribution >= 0.6 is 0 Å². The smallest absolute Gasteiger partial charge is 0.272 e. The van der Waals surface area contributed by atoms with Crippen LogP contribution in [-0.4, -0.2) is 26.2 Å². The van der Waals surface area contributed by atoms with Gasteiger partial charge in [-0.3, -0.25) is 9.89 Å². The van der Waals surface area contributed by atoms with Crippen LogP contribution in [0.25, 0.3) is 16.9 Å². The zero-order valence-electron chi connectivity index (χ0n) is 17.2. The summed E-state index contributed by atoms with van der Waals surface area (Å²) < 4.78 is 8.87. The maximum Gasteiger partial charge on any atom is 0.272 e. The van der Waals surface area contributed by atoms with Gasteiger partial charge >= 0.3 is 0 Å². The van der Waals surface area contributed by atoms with Gasteiger partial charge in [0.1, 0.15) is 0 Å². The van der Waals surface area contributed by atoms with Gasteiger partial charge in [-0.25, -0.2) is 15.2 Å². The Hall–Kier alpha value is -3.62. The van der Waals surface area contributed by atoms with Crippen LogP contribution in [0.1, 0.15) is 23.8 Å². The van der Waals surface area contributed by atoms with Crippen LogP contribution in [0.4, 0.5) is 5.69 Å². The van der Waals surface area contributed by atoms with E-state index >= 15 is 0 Å². The van der Waals surface area contributed by atoms with E-state index in [1.807, 2.05) is 72.4 Å². The molecule has 0 spiro atoms. The molecule has 0 saturated carbocycles. The van der Waals surface area contributed by atoms with E-state index in [0.29, 0.717) is 18.7 Å². The van der Waals surface area contributed by atoms with E-state index in [0.717, 1.165) is 34.6 Å². The first-order chi connectivity index (χ1) is 15.1. The molecule has 8 heteroatoms. The molecule has 1 aliphatic rings. The summed E-state index contributed by atoms with van der Waals surface area (Å²) in [7, 11) is 0. The lowest BCUT2D eigenvalue weighted by Crippen LogP contribution is -2.32. The average molecular weight is 416 g/mol. The Morgan fingerprint density at radius 1 is 1.19 bits per heavy atom. The van der Waals surface area contributed by atoms with Crippen LogP contribution < -0.4 is 16.4 Å². The van der Waals surface area contributed by atoms with E-state index in [1.165, 1.54) is 0 Å². The third-order valence-corrected chi connectivity index (χ3v) is 5.65. The normalized spacial score (nSPS) is 15.6. The number of benzene rings is 2. The van der Waals surface area contributed by atoms with Crippen LogP contribution in [0.5, 0.6) is 0 Å². The molecule has 0 radical (unpaired) electrons. The first-order valence-corrected chi connectivity index (χ1v) is 10.2. The molecule has 1 atom stereocenters. The number of ether oxygens (including phenoxy) is 1. The van der Waals surface area contributed by atoms with E-state index in [-0.39, 0.29) is 11.8 Å². The molecule has 8 nitrogen and oxygen atoms in total. The zero-order valence-corrected chi connectivity index (χ0v) is 17.2. The number of para-hydroxylation sites is 1. The van der Waals surface area contributed by atoms with Crippen molar-refractivity contribution in [2.45, 2.75) is 26.1 Å². The van der Waals surface area contributed by atoms with Crippen molar-refractivity contribution in [3.05, 3.63) is 88.5 Å². The van der Waals surface area contributed by atoms with E-state index in [2.05, 4.69) is 10.2 Å². The second kappa shape index (κ2) is 7.90. The van der Waals surface area contributed by atoms with Crippen LogP contribution in [0.3, 0.4) is 0 Å². The summed E-state index contributed by atoms with van der Waals surface area (Å²) in [6, 6.07) is 17.8. The Morgan fingerprint density at radius 3 is 2.65 bits per heavy atom. The molecule has 1 aliphatic heterocycles. The van der Waals surface area contributed by atoms with Crippen molar-refractivity contribution in [1.29, 1.82) is 0 Å². The predicted molar refractivity (Wildman–Crippen MR) is 119 cm³/mol. The van der Waals surface area contributed by atoms with Gasteiger partial charge in [-0.1, -0.05) is 30.3 Å². The third-order valence-electron chi connectivity index (χ3n) is 5.65. The van der Waals surface area contributed by atoms with Crippen molar-refractivity contribution < 1.29 is 4.74 Å². The summed E-state index contributed by atoms with van der Waals surface area (Å²) in [5.41, 5.74) is 5.13. The van der Waals surface area contributed by atoms with Gasteiger partial charge in [-0.2, -0.15) is 5.10 Å². The highest BCUT2D eigenvalue weighted by Gasteiger charge is 2.25. The molecule has 1 fully saturated rings. The number of rotatable bonds is 6. The number of aromatic nitrogens is 4. The van der Waals surface area contributed by atoms with Crippen LogP contribution in [0.2, 0.25) is 0 Å². The lowest BCUT2D eigenvalue weighted by molar-refractivity contribution is -0.108. The van der Waals surface area contributed by atoms with E-state index in [9.17, 15) is 4.79 Å². The number of nitrogens with one attached hydrogen (secondary N) is 1. The van der Waals surface area contributed by atoms with Crippen LogP contribution in [0, 0.1) is 6.92 Å². The number of aromatic amines is 1.